The van der Waals surface area contributed by atoms with Gasteiger partial charge in [0.2, 0.25) is 0 Å². The summed E-state index contributed by atoms with van der Waals surface area (Å²) in [6, 6.07) is 0. The minimum Gasteiger partial charge on any atom is -0.495 e. The molecule has 2 heterocycles. The molecule has 0 saturated heterocycles. The molecule has 6 heteroatoms. The Morgan fingerprint density at radius 3 is 2.81 bits per heavy atom. The van der Waals surface area contributed by atoms with Crippen molar-refractivity contribution in [3.05, 3.63) is 30.9 Å². The Bertz CT molecular complexity index is 669. The van der Waals surface area contributed by atoms with E-state index in [1.54, 1.807) is 29.8 Å². The fourth-order valence-corrected chi connectivity index (χ4v) is 4.74. The van der Waals surface area contributed by atoms with Gasteiger partial charge in [-0.25, -0.2) is 4.98 Å². The van der Waals surface area contributed by atoms with E-state index in [2.05, 4.69) is 10.3 Å². The van der Waals surface area contributed by atoms with Crippen LogP contribution in [0.15, 0.2) is 0 Å². The summed E-state index contributed by atoms with van der Waals surface area (Å²) in [5, 5.41) is 3.90. The topological polar surface area (TPSA) is 51.2 Å². The smallest absolute Gasteiger partial charge is 0.265 e. The first-order valence-corrected chi connectivity index (χ1v) is 8.63. The van der Waals surface area contributed by atoms with Crippen molar-refractivity contribution in [2.45, 2.75) is 39.7 Å². The van der Waals surface area contributed by atoms with Crippen molar-refractivity contribution >= 4 is 28.6 Å². The van der Waals surface area contributed by atoms with Gasteiger partial charge in [-0.3, -0.25) is 4.79 Å². The fourth-order valence-electron chi connectivity index (χ4n) is 2.59. The summed E-state index contributed by atoms with van der Waals surface area (Å²) in [7, 11) is 1.64. The number of nitrogens with one attached hydrogen (secondary N) is 1. The molecule has 2 aromatic rings. The molecule has 0 saturated carbocycles. The number of aromatic nitrogens is 1. The lowest BCUT2D eigenvalue weighted by molar-refractivity contribution is 0.0952. The van der Waals surface area contributed by atoms with Gasteiger partial charge >= 0.3 is 0 Å². The van der Waals surface area contributed by atoms with Gasteiger partial charge < -0.3 is 10.1 Å². The number of fused-ring (bicyclic) bond motifs is 1. The molecule has 0 bridgehead atoms. The van der Waals surface area contributed by atoms with Crippen LogP contribution in [0.25, 0.3) is 0 Å². The number of nitrogens with zero attached hydrogens (tertiary/aromatic N) is 1. The molecule has 0 atom stereocenters. The Morgan fingerprint density at radius 2 is 2.14 bits per heavy atom. The van der Waals surface area contributed by atoms with Gasteiger partial charge in [-0.2, -0.15) is 0 Å². The third-order valence-electron chi connectivity index (χ3n) is 3.76. The molecule has 0 aliphatic heterocycles. The first-order valence-electron chi connectivity index (χ1n) is 6.99. The maximum atomic E-state index is 12.4. The van der Waals surface area contributed by atoms with E-state index in [-0.39, 0.29) is 5.91 Å². The summed E-state index contributed by atoms with van der Waals surface area (Å²) in [4.78, 5) is 20.0. The van der Waals surface area contributed by atoms with Gasteiger partial charge in [0, 0.05) is 15.3 Å². The summed E-state index contributed by atoms with van der Waals surface area (Å²) < 4.78 is 5.46. The van der Waals surface area contributed by atoms with E-state index >= 15 is 0 Å². The van der Waals surface area contributed by atoms with Crippen LogP contribution in [-0.4, -0.2) is 18.0 Å². The van der Waals surface area contributed by atoms with E-state index < -0.39 is 0 Å². The number of carbonyl (C=O) groups is 1. The van der Waals surface area contributed by atoms with Crippen LogP contribution in [-0.2, 0) is 19.4 Å². The van der Waals surface area contributed by atoms with Crippen LogP contribution in [0.1, 0.15) is 42.1 Å². The number of hydrogen-bond acceptors (Lipinski definition) is 5. The van der Waals surface area contributed by atoms with E-state index in [0.717, 1.165) is 35.7 Å². The van der Waals surface area contributed by atoms with E-state index in [4.69, 9.17) is 4.74 Å². The van der Waals surface area contributed by atoms with Gasteiger partial charge in [0.25, 0.3) is 5.91 Å². The Hall–Kier alpha value is -1.40. The Kier molecular flexibility index (Phi) is 3.99. The van der Waals surface area contributed by atoms with Crippen molar-refractivity contribution in [1.29, 1.82) is 0 Å². The zero-order chi connectivity index (χ0) is 15.0. The molecule has 0 radical (unpaired) electrons. The van der Waals surface area contributed by atoms with E-state index in [0.29, 0.717) is 11.4 Å². The van der Waals surface area contributed by atoms with Crippen molar-refractivity contribution in [3.8, 4) is 5.75 Å². The minimum atomic E-state index is -0.0586. The lowest BCUT2D eigenvalue weighted by Crippen LogP contribution is -2.22. The standard InChI is InChI=1S/C15H18N2O2S2/c1-8-9(2)20-12(17-8)7-16-15(18)14-13(19-3)10-5-4-6-11(10)21-14/h4-7H2,1-3H3,(H,16,18). The first-order chi connectivity index (χ1) is 10.1. The molecule has 1 amide bonds. The molecule has 4 nitrogen and oxygen atoms in total. The lowest BCUT2D eigenvalue weighted by Gasteiger charge is -2.05. The van der Waals surface area contributed by atoms with Crippen LogP contribution >= 0.6 is 22.7 Å². The maximum Gasteiger partial charge on any atom is 0.265 e. The number of thiazole rings is 1. The molecule has 0 aromatic carbocycles. The second kappa shape index (κ2) is 5.77. The second-order valence-corrected chi connectivity index (χ2v) is 7.54. The van der Waals surface area contributed by atoms with Crippen LogP contribution in [0.4, 0.5) is 0 Å². The van der Waals surface area contributed by atoms with Gasteiger partial charge in [-0.1, -0.05) is 0 Å². The summed E-state index contributed by atoms with van der Waals surface area (Å²) in [5.74, 6) is 0.716. The maximum absolute atomic E-state index is 12.4. The zero-order valence-corrected chi connectivity index (χ0v) is 14.0. The summed E-state index contributed by atoms with van der Waals surface area (Å²) in [5.41, 5.74) is 2.27. The quantitative estimate of drug-likeness (QED) is 0.940. The molecule has 1 N–H and O–H groups in total. The average molecular weight is 322 g/mol. The molecule has 112 valence electrons. The Morgan fingerprint density at radius 1 is 1.33 bits per heavy atom. The predicted octanol–water partition coefficient (Wildman–Crippen LogP) is 3.25. The summed E-state index contributed by atoms with van der Waals surface area (Å²) >= 11 is 3.20. The van der Waals surface area contributed by atoms with Crippen molar-refractivity contribution in [2.24, 2.45) is 0 Å². The molecule has 21 heavy (non-hydrogen) atoms. The van der Waals surface area contributed by atoms with Crippen LogP contribution in [0.5, 0.6) is 5.75 Å². The highest BCUT2D eigenvalue weighted by atomic mass is 32.1. The number of thiophene rings is 1. The van der Waals surface area contributed by atoms with Gasteiger partial charge in [-0.05, 0) is 33.1 Å². The number of ether oxygens (including phenoxy) is 1. The molecule has 2 aromatic heterocycles. The largest absolute Gasteiger partial charge is 0.495 e. The van der Waals surface area contributed by atoms with Crippen LogP contribution in [0.2, 0.25) is 0 Å². The van der Waals surface area contributed by atoms with E-state index in [1.807, 2.05) is 13.8 Å². The second-order valence-electron chi connectivity index (χ2n) is 5.15. The van der Waals surface area contributed by atoms with Crippen molar-refractivity contribution in [3.63, 3.8) is 0 Å². The normalized spacial score (nSPS) is 13.3. The average Bonchev–Trinajstić information content (AvgIpc) is 3.11. The van der Waals surface area contributed by atoms with Gasteiger partial charge in [-0.15, -0.1) is 22.7 Å². The summed E-state index contributed by atoms with van der Waals surface area (Å²) in [6.45, 7) is 4.51. The minimum absolute atomic E-state index is 0.0586. The first kappa shape index (κ1) is 14.5. The van der Waals surface area contributed by atoms with Gasteiger partial charge in [0.1, 0.15) is 15.6 Å². The number of methoxy groups -OCH3 is 1. The van der Waals surface area contributed by atoms with Crippen LogP contribution in [0, 0.1) is 13.8 Å². The molecule has 0 spiro atoms. The number of hydrogen-bond donors (Lipinski definition) is 1. The van der Waals surface area contributed by atoms with Crippen LogP contribution < -0.4 is 10.1 Å². The van der Waals surface area contributed by atoms with Crippen LogP contribution in [0.3, 0.4) is 0 Å². The number of amides is 1. The highest BCUT2D eigenvalue weighted by Gasteiger charge is 2.26. The third-order valence-corrected chi connectivity index (χ3v) is 6.10. The number of carbonyl (C=O) groups excluding carboxylic acids is 1. The van der Waals surface area contributed by atoms with Crippen molar-refractivity contribution in [2.75, 3.05) is 7.11 Å². The molecule has 1 aliphatic carbocycles. The zero-order valence-electron chi connectivity index (χ0n) is 12.4. The van der Waals surface area contributed by atoms with Crippen molar-refractivity contribution in [1.82, 2.24) is 10.3 Å². The van der Waals surface area contributed by atoms with E-state index in [1.165, 1.54) is 15.3 Å². The molecule has 0 fully saturated rings. The molecule has 1 aliphatic rings. The van der Waals surface area contributed by atoms with Gasteiger partial charge in [0.05, 0.1) is 19.3 Å². The number of rotatable bonds is 4. The monoisotopic (exact) mass is 322 g/mol. The fraction of sp³-hybridized carbons (Fsp3) is 0.467. The van der Waals surface area contributed by atoms with E-state index in [9.17, 15) is 4.79 Å². The van der Waals surface area contributed by atoms with Crippen molar-refractivity contribution < 1.29 is 9.53 Å². The highest BCUT2D eigenvalue weighted by molar-refractivity contribution is 7.14. The Balaban J connectivity index is 1.74. The van der Waals surface area contributed by atoms with Gasteiger partial charge in [0.15, 0.2) is 0 Å². The highest BCUT2D eigenvalue weighted by Crippen LogP contribution is 2.40. The molecular weight excluding hydrogens is 304 g/mol. The SMILES string of the molecule is COc1c(C(=O)NCc2nc(C)c(C)s2)sc2c1CCC2. The lowest BCUT2D eigenvalue weighted by atomic mass is 10.2. The Labute approximate surface area is 132 Å². The molecule has 3 rings (SSSR count). The predicted molar refractivity (Wildman–Crippen MR) is 85.7 cm³/mol. The molecule has 0 unspecified atom stereocenters. The number of aryl methyl sites for hydroxylation is 3. The summed E-state index contributed by atoms with van der Waals surface area (Å²) in [6.07, 6.45) is 3.25. The third kappa shape index (κ3) is 2.70. The molecular formula is C15H18N2O2S2.